The van der Waals surface area contributed by atoms with Crippen molar-refractivity contribution in [3.63, 3.8) is 0 Å². The highest BCUT2D eigenvalue weighted by Crippen LogP contribution is 2.22. The Morgan fingerprint density at radius 1 is 1.43 bits per heavy atom. The summed E-state index contributed by atoms with van der Waals surface area (Å²) in [4.78, 5) is 14.6. The minimum Gasteiger partial charge on any atom is -0.496 e. The van der Waals surface area contributed by atoms with Crippen molar-refractivity contribution in [2.45, 2.75) is 31.7 Å². The third kappa shape index (κ3) is 4.11. The topological polar surface area (TPSA) is 67.6 Å². The van der Waals surface area contributed by atoms with Crippen LogP contribution in [0.25, 0.3) is 0 Å². The molecule has 0 atom stereocenters. The van der Waals surface area contributed by atoms with Crippen LogP contribution in [0.4, 0.5) is 5.69 Å². The van der Waals surface area contributed by atoms with Gasteiger partial charge in [0.1, 0.15) is 5.75 Å². The number of methoxy groups -OCH3 is 1. The van der Waals surface area contributed by atoms with E-state index in [9.17, 15) is 4.79 Å². The van der Waals surface area contributed by atoms with Crippen LogP contribution < -0.4 is 15.8 Å². The van der Waals surface area contributed by atoms with Crippen molar-refractivity contribution in [2.75, 3.05) is 33.0 Å². The van der Waals surface area contributed by atoms with Gasteiger partial charge in [-0.25, -0.2) is 0 Å². The van der Waals surface area contributed by atoms with E-state index in [2.05, 4.69) is 17.3 Å². The number of nitrogen functional groups attached to an aromatic ring is 1. The van der Waals surface area contributed by atoms with Crippen LogP contribution in [0, 0.1) is 0 Å². The molecule has 0 radical (unpaired) electrons. The number of anilines is 1. The highest BCUT2D eigenvalue weighted by molar-refractivity contribution is 5.97. The summed E-state index contributed by atoms with van der Waals surface area (Å²) in [6.45, 7) is 1.49. The van der Waals surface area contributed by atoms with Gasteiger partial charge in [-0.15, -0.1) is 0 Å². The predicted molar refractivity (Wildman–Crippen MR) is 84.6 cm³/mol. The number of hydrogen-bond donors (Lipinski definition) is 2. The maximum atomic E-state index is 12.2. The molecular formula is C16H25N3O2. The molecule has 1 aliphatic carbocycles. The molecule has 2 rings (SSSR count). The average Bonchev–Trinajstić information content (AvgIpc) is 3.01. The first-order valence-corrected chi connectivity index (χ1v) is 7.53. The first kappa shape index (κ1) is 15.6. The average molecular weight is 291 g/mol. The van der Waals surface area contributed by atoms with E-state index in [1.165, 1.54) is 25.7 Å². The number of carbonyl (C=O) groups excluding carboxylic acids is 1. The fourth-order valence-corrected chi connectivity index (χ4v) is 2.87. The van der Waals surface area contributed by atoms with Gasteiger partial charge in [-0.3, -0.25) is 4.79 Å². The van der Waals surface area contributed by atoms with Crippen molar-refractivity contribution in [2.24, 2.45) is 0 Å². The molecular weight excluding hydrogens is 266 g/mol. The molecule has 1 aliphatic rings. The lowest BCUT2D eigenvalue weighted by Gasteiger charge is -2.24. The number of ether oxygens (including phenoxy) is 1. The second-order valence-corrected chi connectivity index (χ2v) is 5.63. The van der Waals surface area contributed by atoms with Crippen molar-refractivity contribution >= 4 is 11.6 Å². The molecule has 21 heavy (non-hydrogen) atoms. The van der Waals surface area contributed by atoms with E-state index < -0.39 is 0 Å². The normalized spacial score (nSPS) is 15.4. The predicted octanol–water partition coefficient (Wildman–Crippen LogP) is 1.88. The lowest BCUT2D eigenvalue weighted by molar-refractivity contribution is 0.0944. The molecule has 0 spiro atoms. The molecule has 1 aromatic rings. The number of nitrogens with one attached hydrogen (secondary N) is 1. The van der Waals surface area contributed by atoms with Crippen LogP contribution in [-0.2, 0) is 0 Å². The Morgan fingerprint density at radius 2 is 2.14 bits per heavy atom. The maximum absolute atomic E-state index is 12.2. The second-order valence-electron chi connectivity index (χ2n) is 5.63. The first-order valence-electron chi connectivity index (χ1n) is 7.53. The number of amides is 1. The first-order chi connectivity index (χ1) is 10.1. The fourth-order valence-electron chi connectivity index (χ4n) is 2.87. The van der Waals surface area contributed by atoms with Gasteiger partial charge in [0.25, 0.3) is 5.91 Å². The second kappa shape index (κ2) is 7.31. The minimum atomic E-state index is -0.140. The Bertz CT molecular complexity index is 484. The summed E-state index contributed by atoms with van der Waals surface area (Å²) >= 11 is 0. The Hall–Kier alpha value is -1.75. The Labute approximate surface area is 126 Å². The van der Waals surface area contributed by atoms with E-state index in [4.69, 9.17) is 10.5 Å². The zero-order valence-corrected chi connectivity index (χ0v) is 12.9. The fraction of sp³-hybridized carbons (Fsp3) is 0.562. The van der Waals surface area contributed by atoms with Gasteiger partial charge in [-0.1, -0.05) is 12.8 Å². The zero-order chi connectivity index (χ0) is 15.2. The van der Waals surface area contributed by atoms with Crippen molar-refractivity contribution in [3.05, 3.63) is 23.8 Å². The molecule has 0 aromatic heterocycles. The number of rotatable bonds is 6. The molecule has 1 amide bonds. The molecule has 0 unspecified atom stereocenters. The summed E-state index contributed by atoms with van der Waals surface area (Å²) in [7, 11) is 3.68. The molecule has 3 N–H and O–H groups in total. The van der Waals surface area contributed by atoms with E-state index in [0.29, 0.717) is 29.6 Å². The van der Waals surface area contributed by atoms with E-state index in [-0.39, 0.29) is 5.91 Å². The number of carbonyl (C=O) groups is 1. The van der Waals surface area contributed by atoms with Gasteiger partial charge in [-0.2, -0.15) is 0 Å². The Balaban J connectivity index is 1.85. The monoisotopic (exact) mass is 291 g/mol. The van der Waals surface area contributed by atoms with Crippen LogP contribution in [0.15, 0.2) is 18.2 Å². The Morgan fingerprint density at radius 3 is 2.81 bits per heavy atom. The van der Waals surface area contributed by atoms with Gasteiger partial charge >= 0.3 is 0 Å². The van der Waals surface area contributed by atoms with Crippen LogP contribution >= 0.6 is 0 Å². The summed E-state index contributed by atoms with van der Waals surface area (Å²) in [5, 5.41) is 2.94. The molecule has 0 aliphatic heterocycles. The van der Waals surface area contributed by atoms with Crippen molar-refractivity contribution in [3.8, 4) is 5.75 Å². The van der Waals surface area contributed by atoms with Crippen LogP contribution in [-0.4, -0.2) is 44.1 Å². The van der Waals surface area contributed by atoms with Gasteiger partial charge in [0, 0.05) is 24.8 Å². The van der Waals surface area contributed by atoms with Gasteiger partial charge in [0.2, 0.25) is 0 Å². The number of nitrogens with zero attached hydrogens (tertiary/aromatic N) is 1. The largest absolute Gasteiger partial charge is 0.496 e. The molecule has 1 fully saturated rings. The molecule has 0 bridgehead atoms. The van der Waals surface area contributed by atoms with Crippen LogP contribution in [0.2, 0.25) is 0 Å². The van der Waals surface area contributed by atoms with Crippen LogP contribution in [0.5, 0.6) is 5.75 Å². The number of likely N-dealkylation sites (N-methyl/N-ethyl adjacent to an activating group) is 1. The SMILES string of the molecule is COc1ccc(N)cc1C(=O)NCCN(C)C1CCCC1. The molecule has 5 nitrogen and oxygen atoms in total. The Kier molecular flexibility index (Phi) is 5.44. The van der Waals surface area contributed by atoms with Crippen molar-refractivity contribution < 1.29 is 9.53 Å². The maximum Gasteiger partial charge on any atom is 0.255 e. The molecule has 1 aromatic carbocycles. The third-order valence-electron chi connectivity index (χ3n) is 4.17. The highest BCUT2D eigenvalue weighted by Gasteiger charge is 2.19. The summed E-state index contributed by atoms with van der Waals surface area (Å²) in [6.07, 6.45) is 5.19. The lowest BCUT2D eigenvalue weighted by Crippen LogP contribution is -2.37. The molecule has 1 saturated carbocycles. The standard InChI is InChI=1S/C16H25N3O2/c1-19(13-5-3-4-6-13)10-9-18-16(20)14-11-12(17)7-8-15(14)21-2/h7-8,11,13H,3-6,9-10,17H2,1-2H3,(H,18,20). The number of hydrogen-bond acceptors (Lipinski definition) is 4. The van der Waals surface area contributed by atoms with E-state index in [0.717, 1.165) is 6.54 Å². The van der Waals surface area contributed by atoms with E-state index in [1.54, 1.807) is 25.3 Å². The molecule has 5 heteroatoms. The smallest absolute Gasteiger partial charge is 0.255 e. The van der Waals surface area contributed by atoms with Crippen molar-refractivity contribution in [1.29, 1.82) is 0 Å². The molecule has 0 saturated heterocycles. The van der Waals surface area contributed by atoms with E-state index in [1.807, 2.05) is 0 Å². The quantitative estimate of drug-likeness (QED) is 0.785. The number of benzene rings is 1. The lowest BCUT2D eigenvalue weighted by atomic mass is 10.1. The molecule has 0 heterocycles. The summed E-state index contributed by atoms with van der Waals surface area (Å²) in [5.74, 6) is 0.407. The summed E-state index contributed by atoms with van der Waals surface area (Å²) < 4.78 is 5.20. The van der Waals surface area contributed by atoms with Crippen LogP contribution in [0.1, 0.15) is 36.0 Å². The van der Waals surface area contributed by atoms with Crippen molar-refractivity contribution in [1.82, 2.24) is 10.2 Å². The van der Waals surface area contributed by atoms with Gasteiger partial charge in [0.05, 0.1) is 12.7 Å². The van der Waals surface area contributed by atoms with Gasteiger partial charge in [0.15, 0.2) is 0 Å². The molecule has 116 valence electrons. The van der Waals surface area contributed by atoms with Gasteiger partial charge in [-0.05, 0) is 38.1 Å². The number of nitrogens with two attached hydrogens (primary N) is 1. The summed E-state index contributed by atoms with van der Waals surface area (Å²) in [5.41, 5.74) is 6.78. The van der Waals surface area contributed by atoms with Gasteiger partial charge < -0.3 is 20.7 Å². The highest BCUT2D eigenvalue weighted by atomic mass is 16.5. The minimum absolute atomic E-state index is 0.140. The zero-order valence-electron chi connectivity index (χ0n) is 12.9. The van der Waals surface area contributed by atoms with E-state index >= 15 is 0 Å². The summed E-state index contributed by atoms with van der Waals surface area (Å²) in [6, 6.07) is 5.76. The van der Waals surface area contributed by atoms with Crippen LogP contribution in [0.3, 0.4) is 0 Å². The third-order valence-corrected chi connectivity index (χ3v) is 4.17.